The van der Waals surface area contributed by atoms with Crippen molar-refractivity contribution in [3.63, 3.8) is 0 Å². The summed E-state index contributed by atoms with van der Waals surface area (Å²) in [6.45, 7) is 0. The standard InChI is InChI=1S/C12H17N3O3S/c1-15(11-6-7-19(17,18)8-11)12(16)9-2-4-10(14-13)5-3-9/h2-5,11,14H,6-8,13H2,1H3. The number of nitrogens with zero attached hydrogens (tertiary/aromatic N) is 1. The molecule has 1 aliphatic heterocycles. The van der Waals surface area contributed by atoms with E-state index in [1.807, 2.05) is 0 Å². The molecule has 1 unspecified atom stereocenters. The molecule has 1 aromatic carbocycles. The van der Waals surface area contributed by atoms with Crippen molar-refractivity contribution in [1.29, 1.82) is 0 Å². The van der Waals surface area contributed by atoms with Gasteiger partial charge in [0.2, 0.25) is 0 Å². The summed E-state index contributed by atoms with van der Waals surface area (Å²) >= 11 is 0. The van der Waals surface area contributed by atoms with Crippen LogP contribution >= 0.6 is 0 Å². The molecule has 0 spiro atoms. The van der Waals surface area contributed by atoms with E-state index in [1.165, 1.54) is 4.90 Å². The Morgan fingerprint density at radius 3 is 2.47 bits per heavy atom. The Balaban J connectivity index is 2.10. The van der Waals surface area contributed by atoms with E-state index in [-0.39, 0.29) is 23.5 Å². The summed E-state index contributed by atoms with van der Waals surface area (Å²) in [6.07, 6.45) is 0.507. The van der Waals surface area contributed by atoms with Gasteiger partial charge in [0.1, 0.15) is 0 Å². The first-order valence-electron chi connectivity index (χ1n) is 5.97. The third-order valence-electron chi connectivity index (χ3n) is 3.37. The molecule has 1 heterocycles. The predicted molar refractivity (Wildman–Crippen MR) is 73.4 cm³/mol. The maximum Gasteiger partial charge on any atom is 0.253 e. The fraction of sp³-hybridized carbons (Fsp3) is 0.417. The van der Waals surface area contributed by atoms with Gasteiger partial charge in [-0.2, -0.15) is 0 Å². The van der Waals surface area contributed by atoms with Crippen LogP contribution in [0.2, 0.25) is 0 Å². The van der Waals surface area contributed by atoms with Gasteiger partial charge < -0.3 is 10.3 Å². The molecule has 1 aromatic rings. The Morgan fingerprint density at radius 2 is 2.00 bits per heavy atom. The Bertz CT molecular complexity index is 568. The largest absolute Gasteiger partial charge is 0.338 e. The van der Waals surface area contributed by atoms with Gasteiger partial charge in [0, 0.05) is 24.3 Å². The normalized spacial score (nSPS) is 21.1. The maximum absolute atomic E-state index is 12.2. The molecule has 3 N–H and O–H groups in total. The van der Waals surface area contributed by atoms with Crippen molar-refractivity contribution in [2.75, 3.05) is 24.0 Å². The molecular formula is C12H17N3O3S. The van der Waals surface area contributed by atoms with Crippen LogP contribution in [0, 0.1) is 0 Å². The van der Waals surface area contributed by atoms with Crippen molar-refractivity contribution in [3.05, 3.63) is 29.8 Å². The number of amides is 1. The summed E-state index contributed by atoms with van der Waals surface area (Å²) in [5, 5.41) is 0. The summed E-state index contributed by atoms with van der Waals surface area (Å²) in [4.78, 5) is 13.7. The third kappa shape index (κ3) is 3.05. The minimum Gasteiger partial charge on any atom is -0.338 e. The van der Waals surface area contributed by atoms with Crippen molar-refractivity contribution in [1.82, 2.24) is 4.90 Å². The summed E-state index contributed by atoms with van der Waals surface area (Å²) in [5.74, 6) is 5.29. The van der Waals surface area contributed by atoms with E-state index in [0.717, 1.165) is 0 Å². The lowest BCUT2D eigenvalue weighted by Crippen LogP contribution is -2.37. The third-order valence-corrected chi connectivity index (χ3v) is 5.13. The van der Waals surface area contributed by atoms with E-state index in [1.54, 1.807) is 31.3 Å². The van der Waals surface area contributed by atoms with Gasteiger partial charge >= 0.3 is 0 Å². The molecule has 2 rings (SSSR count). The minimum absolute atomic E-state index is 0.0533. The molecule has 0 saturated carbocycles. The van der Waals surface area contributed by atoms with Crippen molar-refractivity contribution in [3.8, 4) is 0 Å². The molecule has 1 amide bonds. The van der Waals surface area contributed by atoms with Crippen LogP contribution < -0.4 is 11.3 Å². The maximum atomic E-state index is 12.2. The fourth-order valence-electron chi connectivity index (χ4n) is 2.16. The van der Waals surface area contributed by atoms with Gasteiger partial charge in [0.25, 0.3) is 5.91 Å². The molecule has 0 radical (unpaired) electrons. The molecule has 19 heavy (non-hydrogen) atoms. The summed E-state index contributed by atoms with van der Waals surface area (Å²) in [6, 6.07) is 6.50. The van der Waals surface area contributed by atoms with Crippen LogP contribution in [0.15, 0.2) is 24.3 Å². The quantitative estimate of drug-likeness (QED) is 0.612. The second-order valence-corrected chi connectivity index (χ2v) is 6.92. The topological polar surface area (TPSA) is 92.5 Å². The highest BCUT2D eigenvalue weighted by Gasteiger charge is 2.32. The summed E-state index contributed by atoms with van der Waals surface area (Å²) in [5.41, 5.74) is 3.71. The van der Waals surface area contributed by atoms with Crippen LogP contribution in [0.3, 0.4) is 0 Å². The van der Waals surface area contributed by atoms with Crippen molar-refractivity contribution < 1.29 is 13.2 Å². The number of hydrogen-bond acceptors (Lipinski definition) is 5. The first-order chi connectivity index (χ1) is 8.93. The van der Waals surface area contributed by atoms with Gasteiger partial charge in [-0.05, 0) is 30.7 Å². The summed E-state index contributed by atoms with van der Waals surface area (Å²) < 4.78 is 22.9. The number of sulfone groups is 1. The molecule has 1 atom stereocenters. The minimum atomic E-state index is -2.99. The molecule has 0 bridgehead atoms. The van der Waals surface area contributed by atoms with Gasteiger partial charge in [0.05, 0.1) is 11.5 Å². The SMILES string of the molecule is CN(C(=O)c1ccc(NN)cc1)C1CCS(=O)(=O)C1. The molecule has 1 saturated heterocycles. The average Bonchev–Trinajstić information content (AvgIpc) is 2.77. The number of nitrogens with one attached hydrogen (secondary N) is 1. The highest BCUT2D eigenvalue weighted by molar-refractivity contribution is 7.91. The number of carbonyl (C=O) groups is 1. The fourth-order valence-corrected chi connectivity index (χ4v) is 3.93. The molecule has 104 valence electrons. The number of benzene rings is 1. The Morgan fingerprint density at radius 1 is 1.37 bits per heavy atom. The molecule has 6 nitrogen and oxygen atoms in total. The van der Waals surface area contributed by atoms with E-state index < -0.39 is 9.84 Å². The predicted octanol–water partition coefficient (Wildman–Crippen LogP) is 0.231. The zero-order valence-electron chi connectivity index (χ0n) is 10.7. The molecule has 1 aliphatic rings. The molecule has 0 aliphatic carbocycles. The lowest BCUT2D eigenvalue weighted by atomic mass is 10.1. The van der Waals surface area contributed by atoms with Gasteiger partial charge in [-0.15, -0.1) is 0 Å². The highest BCUT2D eigenvalue weighted by Crippen LogP contribution is 2.19. The van der Waals surface area contributed by atoms with Crippen molar-refractivity contribution in [2.45, 2.75) is 12.5 Å². The number of hydrogen-bond donors (Lipinski definition) is 2. The number of hydrazine groups is 1. The Hall–Kier alpha value is -1.60. The molecule has 1 fully saturated rings. The van der Waals surface area contributed by atoms with Crippen LogP contribution in [0.5, 0.6) is 0 Å². The number of carbonyl (C=O) groups excluding carboxylic acids is 1. The highest BCUT2D eigenvalue weighted by atomic mass is 32.2. The Labute approximate surface area is 112 Å². The molecule has 0 aromatic heterocycles. The van der Waals surface area contributed by atoms with Crippen molar-refractivity contribution in [2.24, 2.45) is 5.84 Å². The van der Waals surface area contributed by atoms with Crippen LogP contribution in [0.1, 0.15) is 16.8 Å². The van der Waals surface area contributed by atoms with Crippen LogP contribution in [-0.2, 0) is 9.84 Å². The number of rotatable bonds is 3. The first-order valence-corrected chi connectivity index (χ1v) is 7.79. The second kappa shape index (κ2) is 5.18. The number of anilines is 1. The monoisotopic (exact) mass is 283 g/mol. The zero-order chi connectivity index (χ0) is 14.0. The number of nitrogens with two attached hydrogens (primary N) is 1. The van der Waals surface area contributed by atoms with Crippen LogP contribution in [0.4, 0.5) is 5.69 Å². The van der Waals surface area contributed by atoms with Gasteiger partial charge in [-0.3, -0.25) is 10.6 Å². The smallest absolute Gasteiger partial charge is 0.253 e. The lowest BCUT2D eigenvalue weighted by Gasteiger charge is -2.23. The van der Waals surface area contributed by atoms with Gasteiger partial charge in [0.15, 0.2) is 9.84 Å². The first kappa shape index (κ1) is 13.8. The average molecular weight is 283 g/mol. The van der Waals surface area contributed by atoms with Gasteiger partial charge in [-0.1, -0.05) is 0 Å². The second-order valence-electron chi connectivity index (χ2n) is 4.69. The van der Waals surface area contributed by atoms with Crippen molar-refractivity contribution >= 4 is 21.4 Å². The zero-order valence-corrected chi connectivity index (χ0v) is 11.5. The van der Waals surface area contributed by atoms with E-state index in [9.17, 15) is 13.2 Å². The van der Waals surface area contributed by atoms with E-state index in [4.69, 9.17) is 5.84 Å². The van der Waals surface area contributed by atoms with E-state index >= 15 is 0 Å². The number of nitrogen functional groups attached to an aromatic ring is 1. The van der Waals surface area contributed by atoms with Gasteiger partial charge in [-0.25, -0.2) is 8.42 Å². The van der Waals surface area contributed by atoms with Crippen LogP contribution in [-0.4, -0.2) is 43.8 Å². The lowest BCUT2D eigenvalue weighted by molar-refractivity contribution is 0.0747. The molecule has 7 heteroatoms. The molecular weight excluding hydrogens is 266 g/mol. The Kier molecular flexibility index (Phi) is 3.77. The van der Waals surface area contributed by atoms with E-state index in [2.05, 4.69) is 5.43 Å². The summed E-state index contributed by atoms with van der Waals surface area (Å²) in [7, 11) is -1.35. The van der Waals surface area contributed by atoms with E-state index in [0.29, 0.717) is 17.7 Å². The van der Waals surface area contributed by atoms with Crippen LogP contribution in [0.25, 0.3) is 0 Å².